The van der Waals surface area contributed by atoms with Crippen molar-refractivity contribution in [2.45, 2.75) is 50.5 Å². The first-order valence-corrected chi connectivity index (χ1v) is 12.4. The molecule has 1 aromatic rings. The van der Waals surface area contributed by atoms with Crippen LogP contribution in [0.4, 0.5) is 0 Å². The van der Waals surface area contributed by atoms with Gasteiger partial charge in [-0.05, 0) is 62.1 Å². The number of fused-ring (bicyclic) bond motifs is 2. The van der Waals surface area contributed by atoms with Crippen LogP contribution in [0.1, 0.15) is 49.9 Å². The minimum Gasteiger partial charge on any atom is -0.349 e. The molecule has 30 heavy (non-hydrogen) atoms. The molecular weight excluding hydrogens is 402 g/mol. The number of amides is 2. The number of sulfonamides is 1. The zero-order valence-electron chi connectivity index (χ0n) is 17.7. The van der Waals surface area contributed by atoms with Crippen LogP contribution in [-0.4, -0.2) is 61.7 Å². The predicted octanol–water partition coefficient (Wildman–Crippen LogP) is 2.09. The summed E-state index contributed by atoms with van der Waals surface area (Å²) in [4.78, 5) is 26.1. The molecule has 1 aromatic carbocycles. The largest absolute Gasteiger partial charge is 0.349 e. The van der Waals surface area contributed by atoms with Gasteiger partial charge in [0.15, 0.2) is 0 Å². The van der Waals surface area contributed by atoms with Gasteiger partial charge in [-0.15, -0.1) is 0 Å². The Morgan fingerprint density at radius 3 is 2.43 bits per heavy atom. The van der Waals surface area contributed by atoms with Crippen molar-refractivity contribution in [2.75, 3.05) is 26.2 Å². The lowest BCUT2D eigenvalue weighted by molar-refractivity contribution is -0.129. The quantitative estimate of drug-likeness (QED) is 0.770. The van der Waals surface area contributed by atoms with E-state index in [1.807, 2.05) is 0 Å². The van der Waals surface area contributed by atoms with Gasteiger partial charge in [-0.1, -0.05) is 12.5 Å². The standard InChI is InChI=1S/C22H31N3O4S/c1-15(21-13-17-6-7-18(21)12-17)23-22(27)19-4-3-5-20(14-19)30(28,29)25-10-8-24(9-11-25)16(2)26/h3-5,14-15,17-18,21H,6-13H2,1-2H3,(H,23,27). The van der Waals surface area contributed by atoms with E-state index >= 15 is 0 Å². The molecule has 2 amide bonds. The lowest BCUT2D eigenvalue weighted by Gasteiger charge is -2.33. The van der Waals surface area contributed by atoms with Crippen molar-refractivity contribution in [1.29, 1.82) is 0 Å². The average Bonchev–Trinajstić information content (AvgIpc) is 3.37. The van der Waals surface area contributed by atoms with Gasteiger partial charge in [0, 0.05) is 44.7 Å². The highest BCUT2D eigenvalue weighted by atomic mass is 32.2. The van der Waals surface area contributed by atoms with E-state index in [1.54, 1.807) is 17.0 Å². The van der Waals surface area contributed by atoms with Crippen molar-refractivity contribution < 1.29 is 18.0 Å². The fraction of sp³-hybridized carbons (Fsp3) is 0.636. The average molecular weight is 434 g/mol. The number of benzene rings is 1. The van der Waals surface area contributed by atoms with E-state index < -0.39 is 10.0 Å². The van der Waals surface area contributed by atoms with Gasteiger partial charge in [-0.2, -0.15) is 4.31 Å². The molecule has 2 aliphatic carbocycles. The fourth-order valence-corrected chi connectivity index (χ4v) is 6.96. The summed E-state index contributed by atoms with van der Waals surface area (Å²) in [5.41, 5.74) is 0.369. The summed E-state index contributed by atoms with van der Waals surface area (Å²) in [6, 6.07) is 6.37. The summed E-state index contributed by atoms with van der Waals surface area (Å²) in [5.74, 6) is 1.79. The molecule has 7 nitrogen and oxygen atoms in total. The molecule has 4 rings (SSSR count). The van der Waals surface area contributed by atoms with Crippen molar-refractivity contribution in [2.24, 2.45) is 17.8 Å². The smallest absolute Gasteiger partial charge is 0.251 e. The third kappa shape index (κ3) is 4.12. The molecule has 0 radical (unpaired) electrons. The Hall–Kier alpha value is -1.93. The Morgan fingerprint density at radius 1 is 1.10 bits per heavy atom. The van der Waals surface area contributed by atoms with Gasteiger partial charge in [0.25, 0.3) is 5.91 Å². The number of hydrogen-bond acceptors (Lipinski definition) is 4. The second-order valence-corrected chi connectivity index (χ2v) is 11.0. The summed E-state index contributed by atoms with van der Waals surface area (Å²) in [6.07, 6.45) is 5.06. The van der Waals surface area contributed by atoms with Crippen molar-refractivity contribution in [3.63, 3.8) is 0 Å². The third-order valence-electron chi connectivity index (χ3n) is 7.21. The van der Waals surface area contributed by atoms with Crippen LogP contribution in [0, 0.1) is 17.8 Å². The Morgan fingerprint density at radius 2 is 1.83 bits per heavy atom. The summed E-state index contributed by atoms with van der Waals surface area (Å²) >= 11 is 0. The maximum Gasteiger partial charge on any atom is 0.251 e. The van der Waals surface area contributed by atoms with E-state index in [0.717, 1.165) is 5.92 Å². The second-order valence-electron chi connectivity index (χ2n) is 9.04. The maximum atomic E-state index is 13.0. The molecule has 1 aliphatic heterocycles. The third-order valence-corrected chi connectivity index (χ3v) is 9.11. The second kappa shape index (κ2) is 8.30. The zero-order chi connectivity index (χ0) is 21.5. The van der Waals surface area contributed by atoms with Crippen LogP contribution < -0.4 is 5.32 Å². The van der Waals surface area contributed by atoms with E-state index in [1.165, 1.54) is 49.0 Å². The number of carbonyl (C=O) groups excluding carboxylic acids is 2. The monoisotopic (exact) mass is 433 g/mol. The Balaban J connectivity index is 1.43. The molecule has 1 N–H and O–H groups in total. The van der Waals surface area contributed by atoms with E-state index in [4.69, 9.17) is 0 Å². The molecule has 1 heterocycles. The molecule has 0 aromatic heterocycles. The minimum atomic E-state index is -3.70. The highest BCUT2D eigenvalue weighted by Crippen LogP contribution is 2.49. The summed E-state index contributed by atoms with van der Waals surface area (Å²) < 4.78 is 27.5. The topological polar surface area (TPSA) is 86.8 Å². The molecule has 4 atom stereocenters. The normalized spacial score (nSPS) is 27.8. The van der Waals surface area contributed by atoms with Crippen LogP contribution in [0.25, 0.3) is 0 Å². The number of hydrogen-bond donors (Lipinski definition) is 1. The van der Waals surface area contributed by atoms with Gasteiger partial charge < -0.3 is 10.2 Å². The van der Waals surface area contributed by atoms with E-state index in [9.17, 15) is 18.0 Å². The summed E-state index contributed by atoms with van der Waals surface area (Å²) in [6.45, 7) is 4.85. The molecule has 2 bridgehead atoms. The number of piperazine rings is 1. The fourth-order valence-electron chi connectivity index (χ4n) is 5.49. The Kier molecular flexibility index (Phi) is 5.90. The van der Waals surface area contributed by atoms with Crippen LogP contribution in [0.3, 0.4) is 0 Å². The Bertz CT molecular complexity index is 924. The van der Waals surface area contributed by atoms with Gasteiger partial charge >= 0.3 is 0 Å². The lowest BCUT2D eigenvalue weighted by atomic mass is 9.84. The van der Waals surface area contributed by atoms with Crippen LogP contribution in [-0.2, 0) is 14.8 Å². The first-order valence-electron chi connectivity index (χ1n) is 10.9. The lowest BCUT2D eigenvalue weighted by Crippen LogP contribution is -2.49. The number of nitrogens with zero attached hydrogens (tertiary/aromatic N) is 2. The molecular formula is C22H31N3O4S. The van der Waals surface area contributed by atoms with Gasteiger partial charge in [0.05, 0.1) is 4.90 Å². The first-order chi connectivity index (χ1) is 14.3. The van der Waals surface area contributed by atoms with Gasteiger partial charge in [0.1, 0.15) is 0 Å². The molecule has 4 unspecified atom stereocenters. The molecule has 1 saturated heterocycles. The van der Waals surface area contributed by atoms with Crippen molar-refractivity contribution >= 4 is 21.8 Å². The van der Waals surface area contributed by atoms with Gasteiger partial charge in [-0.3, -0.25) is 9.59 Å². The zero-order valence-corrected chi connectivity index (χ0v) is 18.5. The predicted molar refractivity (Wildman–Crippen MR) is 113 cm³/mol. The summed E-state index contributed by atoms with van der Waals surface area (Å²) in [5, 5.41) is 3.11. The maximum absolute atomic E-state index is 13.0. The van der Waals surface area contributed by atoms with Crippen LogP contribution >= 0.6 is 0 Å². The van der Waals surface area contributed by atoms with Crippen molar-refractivity contribution in [3.05, 3.63) is 29.8 Å². The first kappa shape index (κ1) is 21.3. The van der Waals surface area contributed by atoms with Crippen molar-refractivity contribution in [1.82, 2.24) is 14.5 Å². The van der Waals surface area contributed by atoms with Gasteiger partial charge in [0.2, 0.25) is 15.9 Å². The minimum absolute atomic E-state index is 0.0460. The Labute approximate surface area is 178 Å². The molecule has 2 saturated carbocycles. The highest BCUT2D eigenvalue weighted by molar-refractivity contribution is 7.89. The van der Waals surface area contributed by atoms with Crippen LogP contribution in [0.15, 0.2) is 29.2 Å². The molecule has 8 heteroatoms. The number of rotatable bonds is 5. The van der Waals surface area contributed by atoms with E-state index in [0.29, 0.717) is 30.5 Å². The van der Waals surface area contributed by atoms with Crippen LogP contribution in [0.2, 0.25) is 0 Å². The highest BCUT2D eigenvalue weighted by Gasteiger charge is 2.42. The van der Waals surface area contributed by atoms with Crippen LogP contribution in [0.5, 0.6) is 0 Å². The molecule has 164 valence electrons. The molecule has 3 fully saturated rings. The van der Waals surface area contributed by atoms with Gasteiger partial charge in [-0.25, -0.2) is 8.42 Å². The molecule has 0 spiro atoms. The van der Waals surface area contributed by atoms with E-state index in [-0.39, 0.29) is 35.8 Å². The molecule has 3 aliphatic rings. The van der Waals surface area contributed by atoms with E-state index in [2.05, 4.69) is 12.2 Å². The van der Waals surface area contributed by atoms with Crippen molar-refractivity contribution in [3.8, 4) is 0 Å². The SMILES string of the molecule is CC(=O)N1CCN(S(=O)(=O)c2cccc(C(=O)NC(C)C3CC4CCC3C4)c2)CC1. The summed E-state index contributed by atoms with van der Waals surface area (Å²) in [7, 11) is -3.70. The number of carbonyl (C=O) groups is 2. The number of nitrogens with one attached hydrogen (secondary N) is 1.